The number of carbonyl (C=O) groups excluding carboxylic acids is 1. The third kappa shape index (κ3) is 4.43. The molecule has 0 unspecified atom stereocenters. The Morgan fingerprint density at radius 1 is 1.11 bits per heavy atom. The van der Waals surface area contributed by atoms with Gasteiger partial charge in [-0.05, 0) is 35.9 Å². The molecule has 0 aliphatic rings. The first-order chi connectivity index (χ1) is 18.2. The number of ether oxygens (including phenoxy) is 1. The number of nitrogens with zero attached hydrogens (tertiary/aromatic N) is 6. The molecule has 1 amide bonds. The standard InChI is InChI=1S/C24H21ClFN7O4S/c1-30-20-19(21(35)31(2)24(30)36)32(11-13-4-7-15(26)8-5-13)22-28-29-23(33(20)22)38-12-18(34)27-16-10-14(25)6-9-17(16)37-3/h4-10H,11-12H2,1-3H3,(H,27,34). The molecule has 0 spiro atoms. The van der Waals surface area contributed by atoms with Crippen molar-refractivity contribution in [3.63, 3.8) is 0 Å². The lowest BCUT2D eigenvalue weighted by Crippen LogP contribution is -2.37. The van der Waals surface area contributed by atoms with Crippen molar-refractivity contribution in [1.29, 1.82) is 0 Å². The summed E-state index contributed by atoms with van der Waals surface area (Å²) in [5, 5.41) is 12.0. The van der Waals surface area contributed by atoms with Gasteiger partial charge in [0.05, 0.1) is 25.1 Å². The second-order valence-corrected chi connectivity index (χ2v) is 9.77. The molecule has 1 N–H and O–H groups in total. The van der Waals surface area contributed by atoms with Gasteiger partial charge in [-0.1, -0.05) is 35.5 Å². The number of thioether (sulfide) groups is 1. The van der Waals surface area contributed by atoms with Crippen molar-refractivity contribution in [2.45, 2.75) is 11.7 Å². The Morgan fingerprint density at radius 3 is 2.55 bits per heavy atom. The molecule has 3 aromatic heterocycles. The van der Waals surface area contributed by atoms with E-state index in [2.05, 4.69) is 15.5 Å². The van der Waals surface area contributed by atoms with Crippen LogP contribution in [0.25, 0.3) is 16.9 Å². The number of halogens is 2. The number of amides is 1. The molecule has 0 fully saturated rings. The van der Waals surface area contributed by atoms with Gasteiger partial charge in [0.15, 0.2) is 16.3 Å². The number of nitrogens with one attached hydrogen (secondary N) is 1. The van der Waals surface area contributed by atoms with E-state index in [1.165, 1.54) is 30.9 Å². The summed E-state index contributed by atoms with van der Waals surface area (Å²) in [6, 6.07) is 10.7. The van der Waals surface area contributed by atoms with Crippen molar-refractivity contribution in [2.24, 2.45) is 14.1 Å². The number of hydrogen-bond acceptors (Lipinski definition) is 7. The number of rotatable bonds is 7. The van der Waals surface area contributed by atoms with Gasteiger partial charge in [-0.25, -0.2) is 13.6 Å². The van der Waals surface area contributed by atoms with Gasteiger partial charge < -0.3 is 10.1 Å². The van der Waals surface area contributed by atoms with Crippen LogP contribution in [0.5, 0.6) is 5.75 Å². The largest absolute Gasteiger partial charge is 0.495 e. The van der Waals surface area contributed by atoms with E-state index in [-0.39, 0.29) is 35.2 Å². The fraction of sp³-hybridized carbons (Fsp3) is 0.208. The molecule has 0 radical (unpaired) electrons. The van der Waals surface area contributed by atoms with Crippen LogP contribution >= 0.6 is 23.4 Å². The zero-order valence-electron chi connectivity index (χ0n) is 20.4. The average molecular weight is 558 g/mol. The summed E-state index contributed by atoms with van der Waals surface area (Å²) < 4.78 is 24.3. The SMILES string of the molecule is COc1ccc(Cl)cc1NC(=O)CSc1nnc2n(Cc3ccc(F)cc3)c3c(=O)n(C)c(=O)n(C)c3n12. The predicted octanol–water partition coefficient (Wildman–Crippen LogP) is 2.66. The normalized spacial score (nSPS) is 11.4. The molecular formula is C24H21ClFN7O4S. The van der Waals surface area contributed by atoms with E-state index in [1.54, 1.807) is 46.3 Å². The molecule has 2 aromatic carbocycles. The third-order valence-corrected chi connectivity index (χ3v) is 7.14. The first-order valence-electron chi connectivity index (χ1n) is 11.2. The number of hydrogen-bond donors (Lipinski definition) is 1. The first-order valence-corrected chi connectivity index (χ1v) is 12.6. The highest BCUT2D eigenvalue weighted by Crippen LogP contribution is 2.29. The van der Waals surface area contributed by atoms with Gasteiger partial charge in [0.1, 0.15) is 11.6 Å². The predicted molar refractivity (Wildman–Crippen MR) is 142 cm³/mol. The van der Waals surface area contributed by atoms with Gasteiger partial charge >= 0.3 is 5.69 Å². The number of benzene rings is 2. The molecule has 0 aliphatic carbocycles. The summed E-state index contributed by atoms with van der Waals surface area (Å²) in [7, 11) is 4.42. The molecule has 38 heavy (non-hydrogen) atoms. The Balaban J connectivity index is 1.55. The minimum Gasteiger partial charge on any atom is -0.495 e. The second-order valence-electron chi connectivity index (χ2n) is 8.39. The van der Waals surface area contributed by atoms with Crippen LogP contribution in [-0.4, -0.2) is 47.1 Å². The topological polar surface area (TPSA) is 117 Å². The molecule has 0 bridgehead atoms. The van der Waals surface area contributed by atoms with E-state index in [9.17, 15) is 18.8 Å². The smallest absolute Gasteiger partial charge is 0.332 e. The number of anilines is 1. The van der Waals surface area contributed by atoms with E-state index in [0.29, 0.717) is 33.0 Å². The number of methoxy groups -OCH3 is 1. The fourth-order valence-corrected chi connectivity index (χ4v) is 5.04. The van der Waals surface area contributed by atoms with Crippen LogP contribution in [0, 0.1) is 5.82 Å². The first kappa shape index (κ1) is 25.5. The van der Waals surface area contributed by atoms with Crippen LogP contribution < -0.4 is 21.3 Å². The number of fused-ring (bicyclic) bond motifs is 3. The van der Waals surface area contributed by atoms with Crippen LogP contribution in [0.2, 0.25) is 5.02 Å². The minimum absolute atomic E-state index is 0.0557. The molecule has 0 atom stereocenters. The lowest BCUT2D eigenvalue weighted by atomic mass is 10.2. The van der Waals surface area contributed by atoms with E-state index in [4.69, 9.17) is 16.3 Å². The van der Waals surface area contributed by atoms with Crippen LogP contribution in [-0.2, 0) is 25.4 Å². The number of imidazole rings is 1. The van der Waals surface area contributed by atoms with Crippen molar-refractivity contribution in [3.8, 4) is 5.75 Å². The lowest BCUT2D eigenvalue weighted by Gasteiger charge is -2.10. The van der Waals surface area contributed by atoms with E-state index < -0.39 is 11.2 Å². The molecule has 0 aliphatic heterocycles. The maximum absolute atomic E-state index is 13.5. The summed E-state index contributed by atoms with van der Waals surface area (Å²) in [5.41, 5.74) is 0.585. The molecule has 0 saturated carbocycles. The summed E-state index contributed by atoms with van der Waals surface area (Å²) in [6.45, 7) is 0.179. The zero-order valence-corrected chi connectivity index (χ0v) is 22.0. The molecule has 5 aromatic rings. The molecule has 196 valence electrons. The maximum Gasteiger partial charge on any atom is 0.332 e. The van der Waals surface area contributed by atoms with E-state index in [1.807, 2.05) is 0 Å². The highest BCUT2D eigenvalue weighted by molar-refractivity contribution is 7.99. The molecule has 14 heteroatoms. The van der Waals surface area contributed by atoms with Crippen LogP contribution in [0.3, 0.4) is 0 Å². The second kappa shape index (κ2) is 9.99. The Hall–Kier alpha value is -4.10. The van der Waals surface area contributed by atoms with Gasteiger partial charge in [-0.15, -0.1) is 10.2 Å². The van der Waals surface area contributed by atoms with Gasteiger partial charge in [0, 0.05) is 19.1 Å². The summed E-state index contributed by atoms with van der Waals surface area (Å²) in [6.07, 6.45) is 0. The summed E-state index contributed by atoms with van der Waals surface area (Å²) in [5.74, 6) is -0.0502. The lowest BCUT2D eigenvalue weighted by molar-refractivity contribution is -0.113. The van der Waals surface area contributed by atoms with E-state index in [0.717, 1.165) is 16.3 Å². The van der Waals surface area contributed by atoms with Crippen LogP contribution in [0.15, 0.2) is 57.2 Å². The van der Waals surface area contributed by atoms with Crippen LogP contribution in [0.4, 0.5) is 10.1 Å². The molecule has 11 nitrogen and oxygen atoms in total. The summed E-state index contributed by atoms with van der Waals surface area (Å²) in [4.78, 5) is 38.7. The zero-order chi connectivity index (χ0) is 27.1. The number of aryl methyl sites for hydroxylation is 1. The van der Waals surface area contributed by atoms with Gasteiger partial charge in [0.25, 0.3) is 5.56 Å². The molecule has 3 heterocycles. The van der Waals surface area contributed by atoms with Gasteiger partial charge in [0.2, 0.25) is 11.7 Å². The molecule has 5 rings (SSSR count). The summed E-state index contributed by atoms with van der Waals surface area (Å²) >= 11 is 7.13. The van der Waals surface area contributed by atoms with E-state index >= 15 is 0 Å². The Labute approximate surface area is 223 Å². The number of aromatic nitrogens is 6. The average Bonchev–Trinajstić information content (AvgIpc) is 3.45. The Kier molecular flexibility index (Phi) is 6.71. The van der Waals surface area contributed by atoms with Crippen molar-refractivity contribution in [3.05, 3.63) is 79.7 Å². The van der Waals surface area contributed by atoms with Crippen molar-refractivity contribution in [2.75, 3.05) is 18.2 Å². The maximum atomic E-state index is 13.5. The molecule has 0 saturated heterocycles. The minimum atomic E-state index is -0.529. The highest BCUT2D eigenvalue weighted by atomic mass is 35.5. The Bertz CT molecular complexity index is 1820. The van der Waals surface area contributed by atoms with Crippen molar-refractivity contribution >= 4 is 51.9 Å². The number of carbonyl (C=O) groups is 1. The van der Waals surface area contributed by atoms with Gasteiger partial charge in [-0.2, -0.15) is 0 Å². The molecular weight excluding hydrogens is 537 g/mol. The Morgan fingerprint density at radius 2 is 1.84 bits per heavy atom. The third-order valence-electron chi connectivity index (χ3n) is 5.97. The van der Waals surface area contributed by atoms with Crippen LogP contribution in [0.1, 0.15) is 5.56 Å². The quantitative estimate of drug-likeness (QED) is 0.306. The van der Waals surface area contributed by atoms with Crippen molar-refractivity contribution < 1.29 is 13.9 Å². The fourth-order valence-electron chi connectivity index (χ4n) is 4.14. The monoisotopic (exact) mass is 557 g/mol. The van der Waals surface area contributed by atoms with Gasteiger partial charge in [-0.3, -0.25) is 23.3 Å². The highest BCUT2D eigenvalue weighted by Gasteiger charge is 2.24. The van der Waals surface area contributed by atoms with Crippen molar-refractivity contribution in [1.82, 2.24) is 28.3 Å².